The van der Waals surface area contributed by atoms with E-state index in [1.54, 1.807) is 12.1 Å². The van der Waals surface area contributed by atoms with Crippen molar-refractivity contribution < 1.29 is 17.8 Å². The number of nitro groups is 1. The quantitative estimate of drug-likeness (QED) is 0.246. The van der Waals surface area contributed by atoms with Crippen LogP contribution < -0.4 is 15.7 Å². The summed E-state index contributed by atoms with van der Waals surface area (Å²) < 4.78 is 32.6. The Morgan fingerprint density at radius 3 is 2.24 bits per heavy atom. The van der Waals surface area contributed by atoms with Crippen molar-refractivity contribution in [3.63, 3.8) is 0 Å². The molecule has 0 aliphatic heterocycles. The molecule has 10 nitrogen and oxygen atoms in total. The van der Waals surface area contributed by atoms with Crippen LogP contribution in [0.25, 0.3) is 11.0 Å². The summed E-state index contributed by atoms with van der Waals surface area (Å²) in [7, 11) is -3.85. The monoisotopic (exact) mass is 462 g/mol. The van der Waals surface area contributed by atoms with E-state index in [0.29, 0.717) is 22.3 Å². The molecule has 0 saturated heterocycles. The third-order valence-corrected chi connectivity index (χ3v) is 6.04. The van der Waals surface area contributed by atoms with Gasteiger partial charge in [-0.15, -0.1) is 0 Å². The van der Waals surface area contributed by atoms with Crippen LogP contribution in [0.15, 0.2) is 86.9 Å². The number of benzene rings is 3. The second-order valence-electron chi connectivity index (χ2n) is 6.86. The van der Waals surface area contributed by atoms with Gasteiger partial charge in [0, 0.05) is 35.0 Å². The summed E-state index contributed by atoms with van der Waals surface area (Å²) >= 11 is 0. The van der Waals surface area contributed by atoms with Crippen molar-refractivity contribution in [2.75, 3.05) is 10.0 Å². The number of nitrogens with one attached hydrogen (secondary N) is 2. The zero-order valence-electron chi connectivity index (χ0n) is 16.7. The van der Waals surface area contributed by atoms with Gasteiger partial charge in [0.15, 0.2) is 0 Å². The Morgan fingerprint density at radius 1 is 0.939 bits per heavy atom. The normalized spacial score (nSPS) is 11.0. The Bertz CT molecular complexity index is 1570. The summed E-state index contributed by atoms with van der Waals surface area (Å²) in [6, 6.07) is 18.7. The number of nitriles is 1. The molecule has 33 heavy (non-hydrogen) atoms. The van der Waals surface area contributed by atoms with Crippen molar-refractivity contribution in [2.45, 2.75) is 4.90 Å². The standard InChI is InChI=1S/C22H14N4O6S/c23-13-14-1-8-18(9-2-14)33(30,31)25-16-5-3-15(4-6-16)24-20-12-22(27)32-21-10-7-17(26(28)29)11-19(20)21/h1-12,24-25H. The predicted octanol–water partition coefficient (Wildman–Crippen LogP) is 4.12. The molecule has 0 bridgehead atoms. The molecule has 0 amide bonds. The summed E-state index contributed by atoms with van der Waals surface area (Å²) in [4.78, 5) is 22.4. The smallest absolute Gasteiger partial charge is 0.338 e. The van der Waals surface area contributed by atoms with E-state index in [2.05, 4.69) is 10.0 Å². The number of anilines is 3. The maximum atomic E-state index is 12.5. The first-order chi connectivity index (χ1) is 15.7. The Morgan fingerprint density at radius 2 is 1.61 bits per heavy atom. The van der Waals surface area contributed by atoms with Crippen LogP contribution in [-0.4, -0.2) is 13.3 Å². The highest BCUT2D eigenvalue weighted by Crippen LogP contribution is 2.29. The Labute approximate surface area is 186 Å². The molecular weight excluding hydrogens is 448 g/mol. The van der Waals surface area contributed by atoms with E-state index in [1.165, 1.54) is 60.7 Å². The van der Waals surface area contributed by atoms with Crippen molar-refractivity contribution in [1.82, 2.24) is 0 Å². The van der Waals surface area contributed by atoms with Crippen molar-refractivity contribution in [3.05, 3.63) is 98.9 Å². The molecular formula is C22H14N4O6S. The van der Waals surface area contributed by atoms with E-state index >= 15 is 0 Å². The van der Waals surface area contributed by atoms with Gasteiger partial charge in [-0.05, 0) is 54.6 Å². The van der Waals surface area contributed by atoms with Crippen LogP contribution in [0.1, 0.15) is 5.56 Å². The lowest BCUT2D eigenvalue weighted by Gasteiger charge is -2.11. The van der Waals surface area contributed by atoms with Crippen molar-refractivity contribution in [1.29, 1.82) is 5.26 Å². The van der Waals surface area contributed by atoms with Gasteiger partial charge in [-0.1, -0.05) is 0 Å². The van der Waals surface area contributed by atoms with E-state index in [9.17, 15) is 23.3 Å². The highest BCUT2D eigenvalue weighted by atomic mass is 32.2. The molecule has 0 atom stereocenters. The number of nitrogens with zero attached hydrogens (tertiary/aromatic N) is 2. The first-order valence-electron chi connectivity index (χ1n) is 9.37. The van der Waals surface area contributed by atoms with E-state index in [0.717, 1.165) is 0 Å². The third kappa shape index (κ3) is 4.65. The molecule has 0 aliphatic carbocycles. The maximum Gasteiger partial charge on any atom is 0.338 e. The fourth-order valence-corrected chi connectivity index (χ4v) is 4.13. The van der Waals surface area contributed by atoms with Crippen LogP contribution in [-0.2, 0) is 10.0 Å². The van der Waals surface area contributed by atoms with Gasteiger partial charge in [0.25, 0.3) is 15.7 Å². The molecule has 3 aromatic carbocycles. The molecule has 0 radical (unpaired) electrons. The molecule has 11 heteroatoms. The average Bonchev–Trinajstić information content (AvgIpc) is 2.80. The van der Waals surface area contributed by atoms with Crippen LogP contribution in [0.3, 0.4) is 0 Å². The molecule has 0 fully saturated rings. The minimum absolute atomic E-state index is 0.00720. The number of non-ortho nitro benzene ring substituents is 1. The molecule has 0 unspecified atom stereocenters. The summed E-state index contributed by atoms with van der Waals surface area (Å²) in [5.74, 6) is 0. The van der Waals surface area contributed by atoms with Crippen LogP contribution >= 0.6 is 0 Å². The van der Waals surface area contributed by atoms with Gasteiger partial charge in [0.1, 0.15) is 5.58 Å². The number of hydrogen-bond acceptors (Lipinski definition) is 8. The highest BCUT2D eigenvalue weighted by molar-refractivity contribution is 7.92. The van der Waals surface area contributed by atoms with Gasteiger partial charge in [0.2, 0.25) is 0 Å². The number of hydrogen-bond donors (Lipinski definition) is 2. The maximum absolute atomic E-state index is 12.5. The molecule has 4 rings (SSSR count). The lowest BCUT2D eigenvalue weighted by atomic mass is 10.1. The van der Waals surface area contributed by atoms with E-state index < -0.39 is 20.6 Å². The number of sulfonamides is 1. The summed E-state index contributed by atoms with van der Waals surface area (Å²) in [5.41, 5.74) is 0.834. The third-order valence-electron chi connectivity index (χ3n) is 4.65. The SMILES string of the molecule is N#Cc1ccc(S(=O)(=O)Nc2ccc(Nc3cc(=O)oc4ccc([N+](=O)[O-])cc34)cc2)cc1. The van der Waals surface area contributed by atoms with Gasteiger partial charge in [-0.25, -0.2) is 13.2 Å². The molecule has 4 aromatic rings. The zero-order valence-corrected chi connectivity index (χ0v) is 17.5. The van der Waals surface area contributed by atoms with Gasteiger partial charge in [0.05, 0.1) is 27.1 Å². The Hall–Kier alpha value is -4.69. The molecule has 164 valence electrons. The topological polar surface area (TPSA) is 155 Å². The summed E-state index contributed by atoms with van der Waals surface area (Å²) in [6.07, 6.45) is 0. The molecule has 2 N–H and O–H groups in total. The van der Waals surface area contributed by atoms with Crippen LogP contribution in [0.2, 0.25) is 0 Å². The van der Waals surface area contributed by atoms with Gasteiger partial charge >= 0.3 is 5.63 Å². The first kappa shape index (κ1) is 21.5. The summed E-state index contributed by atoms with van der Waals surface area (Å²) in [5, 5.41) is 23.3. The second-order valence-corrected chi connectivity index (χ2v) is 8.54. The molecule has 1 aromatic heterocycles. The number of nitro benzene ring substituents is 1. The Balaban J connectivity index is 1.58. The Kier molecular flexibility index (Phi) is 5.51. The minimum atomic E-state index is -3.85. The van der Waals surface area contributed by atoms with Crippen molar-refractivity contribution in [3.8, 4) is 6.07 Å². The van der Waals surface area contributed by atoms with Gasteiger partial charge < -0.3 is 9.73 Å². The van der Waals surface area contributed by atoms with Crippen LogP contribution in [0, 0.1) is 21.4 Å². The van der Waals surface area contributed by atoms with E-state index in [-0.39, 0.29) is 21.9 Å². The predicted molar refractivity (Wildman–Crippen MR) is 121 cm³/mol. The molecule has 0 saturated carbocycles. The van der Waals surface area contributed by atoms with E-state index in [4.69, 9.17) is 9.68 Å². The largest absolute Gasteiger partial charge is 0.423 e. The van der Waals surface area contributed by atoms with Gasteiger partial charge in [-0.3, -0.25) is 14.8 Å². The fraction of sp³-hybridized carbons (Fsp3) is 0. The van der Waals surface area contributed by atoms with E-state index in [1.807, 2.05) is 6.07 Å². The molecule has 1 heterocycles. The van der Waals surface area contributed by atoms with Crippen LogP contribution in [0.4, 0.5) is 22.7 Å². The lowest BCUT2D eigenvalue weighted by molar-refractivity contribution is -0.384. The minimum Gasteiger partial charge on any atom is -0.423 e. The van der Waals surface area contributed by atoms with Crippen LogP contribution in [0.5, 0.6) is 0 Å². The van der Waals surface area contributed by atoms with Gasteiger partial charge in [-0.2, -0.15) is 5.26 Å². The van der Waals surface area contributed by atoms with Crippen molar-refractivity contribution >= 4 is 43.7 Å². The molecule has 0 aliphatic rings. The fourth-order valence-electron chi connectivity index (χ4n) is 3.07. The second kappa shape index (κ2) is 8.45. The summed E-state index contributed by atoms with van der Waals surface area (Å²) in [6.45, 7) is 0. The van der Waals surface area contributed by atoms with Crippen molar-refractivity contribution in [2.24, 2.45) is 0 Å². The lowest BCUT2D eigenvalue weighted by Crippen LogP contribution is -2.12. The zero-order chi connectivity index (χ0) is 23.6. The first-order valence-corrected chi connectivity index (χ1v) is 10.9. The number of fused-ring (bicyclic) bond motifs is 1. The average molecular weight is 462 g/mol. The molecule has 0 spiro atoms. The highest BCUT2D eigenvalue weighted by Gasteiger charge is 2.15. The number of rotatable bonds is 6.